The van der Waals surface area contributed by atoms with Crippen molar-refractivity contribution in [2.75, 3.05) is 6.54 Å². The fourth-order valence-corrected chi connectivity index (χ4v) is 1.99. The predicted molar refractivity (Wildman–Crippen MR) is 66.8 cm³/mol. The van der Waals surface area contributed by atoms with E-state index in [1.165, 1.54) is 0 Å². The van der Waals surface area contributed by atoms with Gasteiger partial charge in [0, 0.05) is 6.54 Å². The van der Waals surface area contributed by atoms with Crippen LogP contribution in [0.25, 0.3) is 0 Å². The van der Waals surface area contributed by atoms with Gasteiger partial charge in [-0.25, -0.2) is 13.1 Å². The number of benzene rings is 1. The minimum absolute atomic E-state index is 0.448. The summed E-state index contributed by atoms with van der Waals surface area (Å²) in [7, 11) is -3.22. The van der Waals surface area contributed by atoms with E-state index in [0.29, 0.717) is 6.54 Å². The molecule has 0 atom stereocenters. The molecule has 0 saturated carbocycles. The molecule has 0 amide bonds. The Morgan fingerprint density at radius 2 is 1.69 bits per heavy atom. The molecule has 3 nitrogen and oxygen atoms in total. The van der Waals surface area contributed by atoms with Crippen LogP contribution in [-0.2, 0) is 16.4 Å². The molecule has 16 heavy (non-hydrogen) atoms. The fraction of sp³-hybridized carbons (Fsp3) is 0.500. The van der Waals surface area contributed by atoms with Crippen LogP contribution in [0.3, 0.4) is 0 Å². The monoisotopic (exact) mass is 241 g/mol. The summed E-state index contributed by atoms with van der Waals surface area (Å²) in [5.41, 5.74) is 1.14. The van der Waals surface area contributed by atoms with Crippen LogP contribution in [0.15, 0.2) is 30.3 Å². The van der Waals surface area contributed by atoms with E-state index in [1.807, 2.05) is 30.3 Å². The molecule has 0 radical (unpaired) electrons. The molecular weight excluding hydrogens is 222 g/mol. The molecule has 0 aliphatic carbocycles. The first kappa shape index (κ1) is 13.2. The predicted octanol–water partition coefficient (Wildman–Crippen LogP) is 1.95. The second kappa shape index (κ2) is 4.97. The summed E-state index contributed by atoms with van der Waals surface area (Å²) in [4.78, 5) is 0. The largest absolute Gasteiger partial charge is 0.216 e. The van der Waals surface area contributed by atoms with Gasteiger partial charge in [0.15, 0.2) is 0 Å². The van der Waals surface area contributed by atoms with Crippen LogP contribution in [0, 0.1) is 0 Å². The maximum absolute atomic E-state index is 11.7. The standard InChI is InChI=1S/C12H19NO2S/c1-12(2,3)16(14,15)13-10-9-11-7-5-4-6-8-11/h4-8,13H,9-10H2,1-3H3. The molecule has 0 unspecified atom stereocenters. The molecule has 0 spiro atoms. The highest BCUT2D eigenvalue weighted by atomic mass is 32.2. The van der Waals surface area contributed by atoms with Gasteiger partial charge in [-0.3, -0.25) is 0 Å². The van der Waals surface area contributed by atoms with E-state index in [0.717, 1.165) is 12.0 Å². The normalized spacial score (nSPS) is 12.7. The second-order valence-electron chi connectivity index (χ2n) is 4.75. The highest BCUT2D eigenvalue weighted by Crippen LogP contribution is 2.12. The number of rotatable bonds is 4. The first-order chi connectivity index (χ1) is 7.33. The summed E-state index contributed by atoms with van der Waals surface area (Å²) in [6.45, 7) is 5.52. The first-order valence-electron chi connectivity index (χ1n) is 5.36. The van der Waals surface area contributed by atoms with E-state index in [1.54, 1.807) is 20.8 Å². The van der Waals surface area contributed by atoms with Crippen LogP contribution in [0.4, 0.5) is 0 Å². The van der Waals surface area contributed by atoms with Crippen LogP contribution in [-0.4, -0.2) is 19.7 Å². The Bertz CT molecular complexity index is 418. The highest BCUT2D eigenvalue weighted by molar-refractivity contribution is 7.90. The van der Waals surface area contributed by atoms with Crippen LogP contribution in [0.5, 0.6) is 0 Å². The van der Waals surface area contributed by atoms with E-state index < -0.39 is 14.8 Å². The van der Waals surface area contributed by atoms with Gasteiger partial charge >= 0.3 is 0 Å². The molecule has 90 valence electrons. The summed E-state index contributed by atoms with van der Waals surface area (Å²) in [6.07, 6.45) is 0.718. The topological polar surface area (TPSA) is 46.2 Å². The number of hydrogen-bond donors (Lipinski definition) is 1. The fourth-order valence-electron chi connectivity index (χ4n) is 1.19. The van der Waals surface area contributed by atoms with Crippen molar-refractivity contribution in [2.45, 2.75) is 31.9 Å². The van der Waals surface area contributed by atoms with Crippen molar-refractivity contribution in [3.63, 3.8) is 0 Å². The zero-order chi connectivity index (χ0) is 12.2. The molecule has 0 heterocycles. The quantitative estimate of drug-likeness (QED) is 0.875. The summed E-state index contributed by atoms with van der Waals surface area (Å²) < 4.78 is 25.3. The molecule has 1 aromatic carbocycles. The molecular formula is C12H19NO2S. The zero-order valence-electron chi connectivity index (χ0n) is 10.0. The van der Waals surface area contributed by atoms with Crippen molar-refractivity contribution < 1.29 is 8.42 Å². The third-order valence-corrected chi connectivity index (χ3v) is 4.55. The van der Waals surface area contributed by atoms with Crippen LogP contribution in [0.2, 0.25) is 0 Å². The van der Waals surface area contributed by atoms with Crippen LogP contribution in [0.1, 0.15) is 26.3 Å². The minimum atomic E-state index is -3.22. The van der Waals surface area contributed by atoms with E-state index in [-0.39, 0.29) is 0 Å². The molecule has 0 saturated heterocycles. The van der Waals surface area contributed by atoms with Crippen LogP contribution >= 0.6 is 0 Å². The van der Waals surface area contributed by atoms with Gasteiger partial charge in [0.25, 0.3) is 0 Å². The molecule has 1 rings (SSSR count). The minimum Gasteiger partial charge on any atom is -0.214 e. The Balaban J connectivity index is 2.49. The first-order valence-corrected chi connectivity index (χ1v) is 6.84. The Morgan fingerprint density at radius 1 is 1.12 bits per heavy atom. The van der Waals surface area contributed by atoms with Gasteiger partial charge in [0.1, 0.15) is 0 Å². The van der Waals surface area contributed by atoms with Crippen molar-refractivity contribution >= 4 is 10.0 Å². The lowest BCUT2D eigenvalue weighted by Gasteiger charge is -2.19. The lowest BCUT2D eigenvalue weighted by molar-refractivity contribution is 0.545. The van der Waals surface area contributed by atoms with Gasteiger partial charge in [-0.1, -0.05) is 30.3 Å². The molecule has 0 aliphatic heterocycles. The molecule has 1 aromatic rings. The second-order valence-corrected chi connectivity index (χ2v) is 7.27. The Kier molecular flexibility index (Phi) is 4.10. The third kappa shape index (κ3) is 3.61. The summed E-state index contributed by atoms with van der Waals surface area (Å²) >= 11 is 0. The molecule has 1 N–H and O–H groups in total. The van der Waals surface area contributed by atoms with Crippen molar-refractivity contribution in [3.05, 3.63) is 35.9 Å². The maximum atomic E-state index is 11.7. The third-order valence-electron chi connectivity index (χ3n) is 2.35. The van der Waals surface area contributed by atoms with Gasteiger partial charge in [-0.15, -0.1) is 0 Å². The van der Waals surface area contributed by atoms with Crippen LogP contribution < -0.4 is 4.72 Å². The summed E-state index contributed by atoms with van der Waals surface area (Å²) in [5, 5.41) is 0. The summed E-state index contributed by atoms with van der Waals surface area (Å²) in [6, 6.07) is 9.83. The van der Waals surface area contributed by atoms with Crippen molar-refractivity contribution in [1.82, 2.24) is 4.72 Å². The highest BCUT2D eigenvalue weighted by Gasteiger charge is 2.27. The van der Waals surface area contributed by atoms with Gasteiger partial charge in [0.05, 0.1) is 4.75 Å². The molecule has 4 heteroatoms. The maximum Gasteiger partial charge on any atom is 0.216 e. The van der Waals surface area contributed by atoms with Gasteiger partial charge in [0.2, 0.25) is 10.0 Å². The van der Waals surface area contributed by atoms with Gasteiger partial charge in [-0.2, -0.15) is 0 Å². The van der Waals surface area contributed by atoms with Gasteiger partial charge < -0.3 is 0 Å². The molecule has 0 aromatic heterocycles. The SMILES string of the molecule is CC(C)(C)S(=O)(=O)NCCc1ccccc1. The lowest BCUT2D eigenvalue weighted by Crippen LogP contribution is -2.40. The summed E-state index contributed by atoms with van der Waals surface area (Å²) in [5.74, 6) is 0. The molecule has 0 fully saturated rings. The average molecular weight is 241 g/mol. The average Bonchev–Trinajstić information content (AvgIpc) is 2.17. The molecule has 0 aliphatic rings. The van der Waals surface area contributed by atoms with E-state index in [9.17, 15) is 8.42 Å². The smallest absolute Gasteiger partial charge is 0.214 e. The van der Waals surface area contributed by atoms with E-state index >= 15 is 0 Å². The van der Waals surface area contributed by atoms with Gasteiger partial charge in [-0.05, 0) is 32.8 Å². The van der Waals surface area contributed by atoms with Crippen molar-refractivity contribution in [2.24, 2.45) is 0 Å². The number of sulfonamides is 1. The van der Waals surface area contributed by atoms with E-state index in [2.05, 4.69) is 4.72 Å². The molecule has 0 bridgehead atoms. The van der Waals surface area contributed by atoms with E-state index in [4.69, 9.17) is 0 Å². The lowest BCUT2D eigenvalue weighted by atomic mass is 10.2. The number of nitrogens with one attached hydrogen (secondary N) is 1. The Morgan fingerprint density at radius 3 is 2.19 bits per heavy atom. The van der Waals surface area contributed by atoms with Crippen molar-refractivity contribution in [1.29, 1.82) is 0 Å². The Hall–Kier alpha value is -0.870. The zero-order valence-corrected chi connectivity index (χ0v) is 10.8. The Labute approximate surface area is 97.9 Å². The number of hydrogen-bond acceptors (Lipinski definition) is 2. The van der Waals surface area contributed by atoms with Crippen molar-refractivity contribution in [3.8, 4) is 0 Å².